The smallest absolute Gasteiger partial charge is 0.0547 e. The van der Waals surface area contributed by atoms with Gasteiger partial charge in [0.2, 0.25) is 0 Å². The van der Waals surface area contributed by atoms with Crippen LogP contribution in [0.1, 0.15) is 78.1 Å². The summed E-state index contributed by atoms with van der Waals surface area (Å²) in [5.74, 6) is 0. The number of unbranched alkanes of at least 4 members (excludes halogenated alkanes) is 3. The summed E-state index contributed by atoms with van der Waals surface area (Å²) in [5.41, 5.74) is 0. The van der Waals surface area contributed by atoms with Crippen LogP contribution in [0.25, 0.3) is 0 Å². The molecule has 1 saturated carbocycles. The first-order valence-corrected chi connectivity index (χ1v) is 8.18. The average molecular weight is 255 g/mol. The Kier molecular flexibility index (Phi) is 9.59. The SMILES string of the molecule is CCCCCCC(C)OCCCNC1CCCC1. The van der Waals surface area contributed by atoms with Crippen molar-refractivity contribution in [1.29, 1.82) is 0 Å². The molecule has 0 heterocycles. The molecular formula is C16H33NO. The molecule has 0 aromatic carbocycles. The number of hydrogen-bond acceptors (Lipinski definition) is 2. The first-order chi connectivity index (χ1) is 8.83. The minimum Gasteiger partial charge on any atom is -0.378 e. The van der Waals surface area contributed by atoms with E-state index in [1.54, 1.807) is 0 Å². The maximum atomic E-state index is 5.85. The minimum atomic E-state index is 0.452. The third kappa shape index (κ3) is 8.10. The number of ether oxygens (including phenoxy) is 1. The molecule has 0 radical (unpaired) electrons. The number of rotatable bonds is 11. The van der Waals surface area contributed by atoms with Crippen molar-refractivity contribution in [3.05, 3.63) is 0 Å². The van der Waals surface area contributed by atoms with Gasteiger partial charge in [-0.15, -0.1) is 0 Å². The fourth-order valence-corrected chi connectivity index (χ4v) is 2.73. The Bertz CT molecular complexity index is 178. The summed E-state index contributed by atoms with van der Waals surface area (Å²) < 4.78 is 5.85. The van der Waals surface area contributed by atoms with Crippen molar-refractivity contribution in [2.24, 2.45) is 0 Å². The van der Waals surface area contributed by atoms with Gasteiger partial charge in [0, 0.05) is 12.6 Å². The van der Waals surface area contributed by atoms with E-state index in [0.717, 1.165) is 25.6 Å². The van der Waals surface area contributed by atoms with Gasteiger partial charge in [0.15, 0.2) is 0 Å². The zero-order chi connectivity index (χ0) is 13.1. The van der Waals surface area contributed by atoms with Crippen LogP contribution in [-0.4, -0.2) is 25.3 Å². The van der Waals surface area contributed by atoms with Crippen LogP contribution in [0.4, 0.5) is 0 Å². The summed E-state index contributed by atoms with van der Waals surface area (Å²) in [6.45, 7) is 6.54. The van der Waals surface area contributed by atoms with Gasteiger partial charge in [0.25, 0.3) is 0 Å². The highest BCUT2D eigenvalue weighted by atomic mass is 16.5. The van der Waals surface area contributed by atoms with E-state index in [1.165, 1.54) is 57.8 Å². The second kappa shape index (κ2) is 10.8. The molecule has 0 spiro atoms. The first-order valence-electron chi connectivity index (χ1n) is 8.18. The van der Waals surface area contributed by atoms with Gasteiger partial charge in [0.05, 0.1) is 6.10 Å². The van der Waals surface area contributed by atoms with Crippen LogP contribution in [0.3, 0.4) is 0 Å². The molecule has 2 heteroatoms. The van der Waals surface area contributed by atoms with Crippen molar-refractivity contribution >= 4 is 0 Å². The van der Waals surface area contributed by atoms with Crippen LogP contribution in [0.15, 0.2) is 0 Å². The molecule has 0 saturated heterocycles. The van der Waals surface area contributed by atoms with Crippen LogP contribution in [0, 0.1) is 0 Å². The molecule has 1 aliphatic carbocycles. The van der Waals surface area contributed by atoms with Gasteiger partial charge < -0.3 is 10.1 Å². The van der Waals surface area contributed by atoms with Crippen molar-refractivity contribution in [3.8, 4) is 0 Å². The van der Waals surface area contributed by atoms with E-state index in [2.05, 4.69) is 19.2 Å². The first kappa shape index (κ1) is 16.0. The lowest BCUT2D eigenvalue weighted by Crippen LogP contribution is -2.27. The summed E-state index contributed by atoms with van der Waals surface area (Å²) in [5, 5.41) is 3.64. The third-order valence-electron chi connectivity index (χ3n) is 3.98. The van der Waals surface area contributed by atoms with Crippen molar-refractivity contribution in [2.75, 3.05) is 13.2 Å². The van der Waals surface area contributed by atoms with E-state index in [9.17, 15) is 0 Å². The molecule has 1 rings (SSSR count). The van der Waals surface area contributed by atoms with Gasteiger partial charge in [0.1, 0.15) is 0 Å². The Morgan fingerprint density at radius 2 is 1.89 bits per heavy atom. The molecule has 1 fully saturated rings. The van der Waals surface area contributed by atoms with Crippen molar-refractivity contribution in [1.82, 2.24) is 5.32 Å². The van der Waals surface area contributed by atoms with E-state index in [-0.39, 0.29) is 0 Å². The Morgan fingerprint density at radius 3 is 2.61 bits per heavy atom. The quantitative estimate of drug-likeness (QED) is 0.556. The molecule has 0 bridgehead atoms. The summed E-state index contributed by atoms with van der Waals surface area (Å²) in [7, 11) is 0. The van der Waals surface area contributed by atoms with Crippen molar-refractivity contribution in [2.45, 2.75) is 90.2 Å². The molecule has 1 unspecified atom stereocenters. The predicted octanol–water partition coefficient (Wildman–Crippen LogP) is 4.28. The molecule has 18 heavy (non-hydrogen) atoms. The molecule has 0 amide bonds. The zero-order valence-corrected chi connectivity index (χ0v) is 12.5. The maximum absolute atomic E-state index is 5.85. The highest BCUT2D eigenvalue weighted by molar-refractivity contribution is 4.73. The average Bonchev–Trinajstić information content (AvgIpc) is 2.87. The lowest BCUT2D eigenvalue weighted by atomic mass is 10.1. The molecule has 1 atom stereocenters. The maximum Gasteiger partial charge on any atom is 0.0547 e. The summed E-state index contributed by atoms with van der Waals surface area (Å²) in [6.07, 6.45) is 13.8. The summed E-state index contributed by atoms with van der Waals surface area (Å²) >= 11 is 0. The van der Waals surface area contributed by atoms with Gasteiger partial charge in [-0.3, -0.25) is 0 Å². The second-order valence-electron chi connectivity index (χ2n) is 5.82. The van der Waals surface area contributed by atoms with E-state index < -0.39 is 0 Å². The monoisotopic (exact) mass is 255 g/mol. The highest BCUT2D eigenvalue weighted by Gasteiger charge is 2.13. The largest absolute Gasteiger partial charge is 0.378 e. The fraction of sp³-hybridized carbons (Fsp3) is 1.00. The number of nitrogens with one attached hydrogen (secondary N) is 1. The Labute approximate surface area is 114 Å². The fourth-order valence-electron chi connectivity index (χ4n) is 2.73. The van der Waals surface area contributed by atoms with Crippen LogP contribution in [-0.2, 0) is 4.74 Å². The van der Waals surface area contributed by atoms with Gasteiger partial charge in [-0.2, -0.15) is 0 Å². The van der Waals surface area contributed by atoms with Crippen LogP contribution >= 0.6 is 0 Å². The normalized spacial score (nSPS) is 18.3. The zero-order valence-electron chi connectivity index (χ0n) is 12.5. The van der Waals surface area contributed by atoms with E-state index >= 15 is 0 Å². The summed E-state index contributed by atoms with van der Waals surface area (Å²) in [6, 6.07) is 0.802. The molecule has 2 nitrogen and oxygen atoms in total. The van der Waals surface area contributed by atoms with Gasteiger partial charge in [-0.05, 0) is 39.2 Å². The standard InChI is InChI=1S/C16H33NO/c1-3-4-5-6-10-15(2)18-14-9-13-17-16-11-7-8-12-16/h15-17H,3-14H2,1-2H3. The van der Waals surface area contributed by atoms with Gasteiger partial charge >= 0.3 is 0 Å². The summed E-state index contributed by atoms with van der Waals surface area (Å²) in [4.78, 5) is 0. The van der Waals surface area contributed by atoms with E-state index in [4.69, 9.17) is 4.74 Å². The topological polar surface area (TPSA) is 21.3 Å². The molecular weight excluding hydrogens is 222 g/mol. The van der Waals surface area contributed by atoms with Crippen molar-refractivity contribution in [3.63, 3.8) is 0 Å². The van der Waals surface area contributed by atoms with Gasteiger partial charge in [-0.25, -0.2) is 0 Å². The molecule has 0 aromatic heterocycles. The lowest BCUT2D eigenvalue weighted by Gasteiger charge is -2.14. The van der Waals surface area contributed by atoms with Crippen LogP contribution < -0.4 is 5.32 Å². The minimum absolute atomic E-state index is 0.452. The van der Waals surface area contributed by atoms with E-state index in [1.807, 2.05) is 0 Å². The second-order valence-corrected chi connectivity index (χ2v) is 5.82. The highest BCUT2D eigenvalue weighted by Crippen LogP contribution is 2.17. The predicted molar refractivity (Wildman–Crippen MR) is 79.0 cm³/mol. The Hall–Kier alpha value is -0.0800. The van der Waals surface area contributed by atoms with Crippen molar-refractivity contribution < 1.29 is 4.74 Å². The molecule has 0 aliphatic heterocycles. The van der Waals surface area contributed by atoms with E-state index in [0.29, 0.717) is 6.10 Å². The Morgan fingerprint density at radius 1 is 1.11 bits per heavy atom. The molecule has 0 aromatic rings. The molecule has 1 N–H and O–H groups in total. The molecule has 108 valence electrons. The van der Waals surface area contributed by atoms with Gasteiger partial charge in [-0.1, -0.05) is 45.4 Å². The van der Waals surface area contributed by atoms with Crippen LogP contribution in [0.5, 0.6) is 0 Å². The number of hydrogen-bond donors (Lipinski definition) is 1. The third-order valence-corrected chi connectivity index (χ3v) is 3.98. The Balaban J connectivity index is 1.81. The lowest BCUT2D eigenvalue weighted by molar-refractivity contribution is 0.0567. The molecule has 1 aliphatic rings. The van der Waals surface area contributed by atoms with Crippen LogP contribution in [0.2, 0.25) is 0 Å².